The minimum absolute atomic E-state index is 0.0224. The zero-order chi connectivity index (χ0) is 44.4. The fraction of sp³-hybridized carbons (Fsp3) is 0.855. The maximum Gasteiger partial charge on any atom is 0.305 e. The predicted molar refractivity (Wildman–Crippen MR) is 264 cm³/mol. The first-order valence-electron chi connectivity index (χ1n) is 26.8. The minimum atomic E-state index is -0.670. The van der Waals surface area contributed by atoms with E-state index in [0.717, 1.165) is 70.6 Å². The predicted octanol–water partition coefficient (Wildman–Crippen LogP) is 16.1. The lowest BCUT2D eigenvalue weighted by molar-refractivity contribution is -0.143. The third-order valence-electron chi connectivity index (χ3n) is 12.2. The van der Waals surface area contributed by atoms with Gasteiger partial charge in [-0.3, -0.25) is 9.59 Å². The first-order valence-corrected chi connectivity index (χ1v) is 26.8. The molecule has 2 atom stereocenters. The highest BCUT2D eigenvalue weighted by atomic mass is 16.5. The van der Waals surface area contributed by atoms with Crippen LogP contribution < -0.4 is 5.32 Å². The second kappa shape index (κ2) is 50.7. The van der Waals surface area contributed by atoms with Crippen LogP contribution in [0.2, 0.25) is 0 Å². The first-order chi connectivity index (χ1) is 30.0. The van der Waals surface area contributed by atoms with Gasteiger partial charge < -0.3 is 20.3 Å². The van der Waals surface area contributed by atoms with Gasteiger partial charge in [-0.2, -0.15) is 0 Å². The van der Waals surface area contributed by atoms with Crippen molar-refractivity contribution in [3.05, 3.63) is 36.5 Å². The molecule has 358 valence electrons. The number of ether oxygens (including phenoxy) is 1. The van der Waals surface area contributed by atoms with Gasteiger partial charge in [0.25, 0.3) is 0 Å². The van der Waals surface area contributed by atoms with Gasteiger partial charge in [0.2, 0.25) is 5.91 Å². The summed E-state index contributed by atoms with van der Waals surface area (Å²) in [6.07, 6.45) is 61.2. The molecule has 61 heavy (non-hydrogen) atoms. The summed E-state index contributed by atoms with van der Waals surface area (Å²) < 4.78 is 5.44. The molecule has 0 aromatic carbocycles. The maximum atomic E-state index is 12.4. The van der Waals surface area contributed by atoms with E-state index in [2.05, 4.69) is 55.6 Å². The lowest BCUT2D eigenvalue weighted by atomic mass is 10.0. The van der Waals surface area contributed by atoms with Crippen molar-refractivity contribution in [3.8, 4) is 0 Å². The number of amides is 1. The lowest BCUT2D eigenvalue weighted by Gasteiger charge is -2.22. The Hall–Kier alpha value is -1.92. The number of nitrogens with one attached hydrogen (secondary N) is 1. The summed E-state index contributed by atoms with van der Waals surface area (Å²) >= 11 is 0. The molecule has 0 heterocycles. The van der Waals surface area contributed by atoms with Gasteiger partial charge in [-0.15, -0.1) is 0 Å². The zero-order valence-electron chi connectivity index (χ0n) is 40.6. The van der Waals surface area contributed by atoms with Crippen LogP contribution in [0.4, 0.5) is 0 Å². The number of unbranched alkanes of at least 4 members (excludes halogenated alkanes) is 33. The Bertz CT molecular complexity index is 993. The topological polar surface area (TPSA) is 95.9 Å². The molecule has 0 spiro atoms. The Morgan fingerprint density at radius 1 is 0.459 bits per heavy atom. The van der Waals surface area contributed by atoms with E-state index in [9.17, 15) is 19.8 Å². The zero-order valence-corrected chi connectivity index (χ0v) is 40.6. The summed E-state index contributed by atoms with van der Waals surface area (Å²) in [5, 5.41) is 23.1. The highest BCUT2D eigenvalue weighted by Crippen LogP contribution is 2.16. The number of hydrogen-bond acceptors (Lipinski definition) is 5. The number of hydrogen-bond donors (Lipinski definition) is 3. The Morgan fingerprint density at radius 2 is 0.820 bits per heavy atom. The molecule has 0 aliphatic heterocycles. The summed E-state index contributed by atoms with van der Waals surface area (Å²) in [5.74, 6) is -0.0691. The van der Waals surface area contributed by atoms with Crippen LogP contribution in [0, 0.1) is 0 Å². The van der Waals surface area contributed by atoms with Gasteiger partial charge in [-0.25, -0.2) is 0 Å². The molecular formula is C55H103NO5. The van der Waals surface area contributed by atoms with Gasteiger partial charge in [0.15, 0.2) is 0 Å². The minimum Gasteiger partial charge on any atom is -0.466 e. The number of aliphatic hydroxyl groups is 2. The third-order valence-corrected chi connectivity index (χ3v) is 12.2. The number of aliphatic hydroxyl groups excluding tert-OH is 2. The number of rotatable bonds is 49. The SMILES string of the molecule is CCCCCCC/C=C\CCCCCCCC(=O)OCCCCC/C=C\C=C/CCCCCCCCCCCCC(=O)NC(CO)C(O)CCCCCCCCCCCCC. The van der Waals surface area contributed by atoms with Gasteiger partial charge >= 0.3 is 5.97 Å². The van der Waals surface area contributed by atoms with Crippen molar-refractivity contribution in [1.82, 2.24) is 5.32 Å². The Labute approximate surface area is 379 Å². The first kappa shape index (κ1) is 59.1. The number of carbonyl (C=O) groups is 2. The molecule has 0 aromatic heterocycles. The van der Waals surface area contributed by atoms with Gasteiger partial charge in [0, 0.05) is 12.8 Å². The van der Waals surface area contributed by atoms with Crippen LogP contribution in [0.3, 0.4) is 0 Å². The molecule has 6 heteroatoms. The molecule has 0 saturated carbocycles. The van der Waals surface area contributed by atoms with Crippen molar-refractivity contribution in [2.24, 2.45) is 0 Å². The standard InChI is InChI=1S/C55H103NO5/c1-3-5-7-9-11-13-15-16-25-29-33-37-41-45-49-55(60)61-50-46-42-38-34-30-26-23-21-19-17-18-20-22-24-28-32-36-40-44-48-54(59)56-52(51-57)53(58)47-43-39-35-31-27-14-12-10-8-6-4-2/h15-16,21,23,26,30,52-53,57-58H,3-14,17-20,22,24-25,27-29,31-51H2,1-2H3,(H,56,59)/b16-15-,23-21-,30-26-. The average Bonchev–Trinajstić information content (AvgIpc) is 3.26. The number of carbonyl (C=O) groups excluding carboxylic acids is 2. The Morgan fingerprint density at radius 3 is 1.26 bits per heavy atom. The summed E-state index contributed by atoms with van der Waals surface area (Å²) in [6.45, 7) is 4.88. The molecule has 0 fully saturated rings. The highest BCUT2D eigenvalue weighted by Gasteiger charge is 2.20. The maximum absolute atomic E-state index is 12.4. The van der Waals surface area contributed by atoms with E-state index < -0.39 is 12.1 Å². The van der Waals surface area contributed by atoms with Crippen LogP contribution in [-0.4, -0.2) is 47.4 Å². The van der Waals surface area contributed by atoms with Crippen LogP contribution in [0.1, 0.15) is 277 Å². The van der Waals surface area contributed by atoms with Crippen molar-refractivity contribution in [3.63, 3.8) is 0 Å². The van der Waals surface area contributed by atoms with E-state index in [1.807, 2.05) is 0 Å². The molecule has 0 aliphatic carbocycles. The van der Waals surface area contributed by atoms with Crippen molar-refractivity contribution in [2.45, 2.75) is 289 Å². The van der Waals surface area contributed by atoms with Crippen LogP contribution in [0.15, 0.2) is 36.5 Å². The van der Waals surface area contributed by atoms with Gasteiger partial charge in [0.05, 0.1) is 25.4 Å². The summed E-state index contributed by atoms with van der Waals surface area (Å²) in [6, 6.07) is -0.548. The van der Waals surface area contributed by atoms with Crippen molar-refractivity contribution in [2.75, 3.05) is 13.2 Å². The van der Waals surface area contributed by atoms with E-state index in [0.29, 0.717) is 25.9 Å². The quantitative estimate of drug-likeness (QED) is 0.0245. The fourth-order valence-electron chi connectivity index (χ4n) is 8.04. The van der Waals surface area contributed by atoms with Crippen LogP contribution in [0.25, 0.3) is 0 Å². The lowest BCUT2D eigenvalue weighted by Crippen LogP contribution is -2.45. The van der Waals surface area contributed by atoms with Gasteiger partial charge in [0.1, 0.15) is 0 Å². The van der Waals surface area contributed by atoms with Crippen molar-refractivity contribution in [1.29, 1.82) is 0 Å². The second-order valence-electron chi connectivity index (χ2n) is 18.2. The summed E-state index contributed by atoms with van der Waals surface area (Å²) in [7, 11) is 0. The normalized spacial score (nSPS) is 12.9. The largest absolute Gasteiger partial charge is 0.466 e. The van der Waals surface area contributed by atoms with Crippen molar-refractivity contribution >= 4 is 11.9 Å². The number of esters is 1. The monoisotopic (exact) mass is 858 g/mol. The number of allylic oxidation sites excluding steroid dienone is 6. The van der Waals surface area contributed by atoms with E-state index in [1.54, 1.807) is 0 Å². The molecule has 0 aliphatic rings. The van der Waals surface area contributed by atoms with Crippen LogP contribution >= 0.6 is 0 Å². The van der Waals surface area contributed by atoms with E-state index in [1.165, 1.54) is 173 Å². The Kier molecular flexibility index (Phi) is 49.1. The molecule has 1 amide bonds. The fourth-order valence-corrected chi connectivity index (χ4v) is 8.04. The summed E-state index contributed by atoms with van der Waals surface area (Å²) in [4.78, 5) is 24.4. The molecule has 0 bridgehead atoms. The molecule has 6 nitrogen and oxygen atoms in total. The molecule has 0 rings (SSSR count). The van der Waals surface area contributed by atoms with E-state index >= 15 is 0 Å². The van der Waals surface area contributed by atoms with Crippen molar-refractivity contribution < 1.29 is 24.5 Å². The molecular weight excluding hydrogens is 755 g/mol. The Balaban J connectivity index is 3.48. The molecule has 0 aromatic rings. The van der Waals surface area contributed by atoms with Gasteiger partial charge in [-0.1, -0.05) is 217 Å². The molecule has 0 radical (unpaired) electrons. The van der Waals surface area contributed by atoms with Gasteiger partial charge in [-0.05, 0) is 83.5 Å². The molecule has 3 N–H and O–H groups in total. The van der Waals surface area contributed by atoms with E-state index in [4.69, 9.17) is 4.74 Å². The average molecular weight is 858 g/mol. The highest BCUT2D eigenvalue weighted by molar-refractivity contribution is 5.76. The molecule has 2 unspecified atom stereocenters. The van der Waals surface area contributed by atoms with Crippen LogP contribution in [-0.2, 0) is 14.3 Å². The molecule has 0 saturated heterocycles. The van der Waals surface area contributed by atoms with E-state index in [-0.39, 0.29) is 18.5 Å². The van der Waals surface area contributed by atoms with Crippen LogP contribution in [0.5, 0.6) is 0 Å². The summed E-state index contributed by atoms with van der Waals surface area (Å²) in [5.41, 5.74) is 0. The second-order valence-corrected chi connectivity index (χ2v) is 18.2. The smallest absolute Gasteiger partial charge is 0.305 e. The third kappa shape index (κ3) is 47.4.